The summed E-state index contributed by atoms with van der Waals surface area (Å²) in [6.07, 6.45) is 2.32. The maximum atomic E-state index is 11.4. The van der Waals surface area contributed by atoms with Gasteiger partial charge in [-0.1, -0.05) is 34.6 Å². The normalized spacial score (nSPS) is 25.6. The van der Waals surface area contributed by atoms with Crippen LogP contribution in [-0.2, 0) is 4.79 Å². The minimum Gasteiger partial charge on any atom is -0.478 e. The average Bonchev–Trinajstić information content (AvgIpc) is 3.17. The summed E-state index contributed by atoms with van der Waals surface area (Å²) < 4.78 is 4.75. The van der Waals surface area contributed by atoms with E-state index in [0.29, 0.717) is 16.6 Å². The van der Waals surface area contributed by atoms with E-state index in [1.165, 1.54) is 13.2 Å². The molecule has 3 atom stereocenters. The first kappa shape index (κ1) is 22.5. The molecule has 2 aliphatic rings. The van der Waals surface area contributed by atoms with Gasteiger partial charge >= 0.3 is 5.97 Å². The van der Waals surface area contributed by atoms with Gasteiger partial charge in [0.1, 0.15) is 0 Å². The van der Waals surface area contributed by atoms with Crippen LogP contribution in [0.5, 0.6) is 0 Å². The number of rotatable bonds is 3. The number of thioether (sulfide) groups is 1. The Labute approximate surface area is 160 Å². The molecule has 0 spiro atoms. The third-order valence-electron chi connectivity index (χ3n) is 5.01. The standard InChI is InChI=1S/C12H19NO2S.C6H6O2.C2H6/c1-4-6-5-16-9-8(7(6)11(14)15)12(2,3)10(9)13;1-5(7)6-3-2-4-8-6;1-2/h8-10H,4-5,13H2,1-3H3,(H,14,15);2-4H,1H3;1-2H3. The van der Waals surface area contributed by atoms with Gasteiger partial charge in [-0.05, 0) is 29.5 Å². The second-order valence-electron chi connectivity index (χ2n) is 6.81. The number of carbonyl (C=O) groups is 2. The minimum atomic E-state index is -0.743. The molecule has 1 aliphatic heterocycles. The predicted molar refractivity (Wildman–Crippen MR) is 107 cm³/mol. The molecular weight excluding hydrogens is 350 g/mol. The van der Waals surface area contributed by atoms with Gasteiger partial charge in [0.05, 0.1) is 6.26 Å². The van der Waals surface area contributed by atoms with Gasteiger partial charge in [-0.2, -0.15) is 11.8 Å². The third kappa shape index (κ3) is 4.41. The molecule has 0 radical (unpaired) electrons. The number of furan rings is 1. The second kappa shape index (κ2) is 9.42. The lowest BCUT2D eigenvalue weighted by Gasteiger charge is -2.59. The molecule has 5 nitrogen and oxygen atoms in total. The van der Waals surface area contributed by atoms with E-state index in [1.54, 1.807) is 12.1 Å². The third-order valence-corrected chi connectivity index (χ3v) is 6.48. The van der Waals surface area contributed by atoms with Gasteiger partial charge in [-0.25, -0.2) is 4.79 Å². The summed E-state index contributed by atoms with van der Waals surface area (Å²) >= 11 is 1.83. The molecule has 1 aliphatic carbocycles. The number of nitrogens with two attached hydrogens (primary N) is 1. The second-order valence-corrected chi connectivity index (χ2v) is 7.98. The van der Waals surface area contributed by atoms with Crippen LogP contribution >= 0.6 is 11.8 Å². The molecule has 3 unspecified atom stereocenters. The van der Waals surface area contributed by atoms with Gasteiger partial charge in [-0.15, -0.1) is 0 Å². The number of carboxylic acid groups (broad SMARTS) is 1. The molecular formula is C20H31NO4S. The fraction of sp³-hybridized carbons (Fsp3) is 0.600. The number of carboxylic acids is 1. The van der Waals surface area contributed by atoms with E-state index in [1.807, 2.05) is 32.5 Å². The zero-order valence-corrected chi connectivity index (χ0v) is 17.4. The van der Waals surface area contributed by atoms with E-state index in [-0.39, 0.29) is 23.2 Å². The number of ketones is 1. The quantitative estimate of drug-likeness (QED) is 0.755. The maximum absolute atomic E-state index is 11.4. The summed E-state index contributed by atoms with van der Waals surface area (Å²) in [5.41, 5.74) is 7.79. The summed E-state index contributed by atoms with van der Waals surface area (Å²) in [7, 11) is 0. The van der Waals surface area contributed by atoms with Crippen molar-refractivity contribution in [3.8, 4) is 0 Å². The number of hydrogen-bond donors (Lipinski definition) is 2. The van der Waals surface area contributed by atoms with Crippen molar-refractivity contribution in [3.05, 3.63) is 35.3 Å². The zero-order chi connectivity index (χ0) is 20.1. The number of hydrogen-bond acceptors (Lipinski definition) is 5. The molecule has 3 N–H and O–H groups in total. The van der Waals surface area contributed by atoms with Crippen LogP contribution < -0.4 is 5.73 Å². The van der Waals surface area contributed by atoms with Gasteiger partial charge in [-0.3, -0.25) is 4.79 Å². The Kier molecular flexibility index (Phi) is 8.15. The lowest BCUT2D eigenvalue weighted by molar-refractivity contribution is -0.134. The van der Waals surface area contributed by atoms with E-state index >= 15 is 0 Å². The molecule has 0 bridgehead atoms. The monoisotopic (exact) mass is 381 g/mol. The minimum absolute atomic E-state index is 0.0324. The summed E-state index contributed by atoms with van der Waals surface area (Å²) in [5.74, 6) is 0.615. The van der Waals surface area contributed by atoms with E-state index in [9.17, 15) is 14.7 Å². The smallest absolute Gasteiger partial charge is 0.331 e. The Bertz CT molecular complexity index is 649. The fourth-order valence-electron chi connectivity index (χ4n) is 3.43. The highest BCUT2D eigenvalue weighted by Crippen LogP contribution is 2.57. The van der Waals surface area contributed by atoms with Gasteiger partial charge in [0.25, 0.3) is 0 Å². The molecule has 0 amide bonds. The van der Waals surface area contributed by atoms with Crippen LogP contribution in [-0.4, -0.2) is 33.9 Å². The number of carbonyl (C=O) groups excluding carboxylic acids is 1. The first-order chi connectivity index (χ1) is 12.2. The molecule has 1 aromatic rings. The Balaban J connectivity index is 0.000000284. The molecule has 146 valence electrons. The largest absolute Gasteiger partial charge is 0.478 e. The highest BCUT2D eigenvalue weighted by molar-refractivity contribution is 8.00. The van der Waals surface area contributed by atoms with Crippen molar-refractivity contribution in [1.82, 2.24) is 0 Å². The van der Waals surface area contributed by atoms with Gasteiger partial charge in [0.2, 0.25) is 0 Å². The number of Topliss-reactive ketones (excluding diaryl/α,β-unsaturated/α-hetero) is 1. The van der Waals surface area contributed by atoms with Crippen molar-refractivity contribution in [2.45, 2.75) is 59.3 Å². The summed E-state index contributed by atoms with van der Waals surface area (Å²) in [4.78, 5) is 21.8. The first-order valence-electron chi connectivity index (χ1n) is 9.08. The maximum Gasteiger partial charge on any atom is 0.331 e. The first-order valence-corrected chi connectivity index (χ1v) is 10.1. The molecule has 26 heavy (non-hydrogen) atoms. The highest BCUT2D eigenvalue weighted by Gasteiger charge is 2.59. The van der Waals surface area contributed by atoms with Crippen LogP contribution in [0.3, 0.4) is 0 Å². The van der Waals surface area contributed by atoms with Gasteiger partial charge < -0.3 is 15.3 Å². The molecule has 1 aromatic heterocycles. The van der Waals surface area contributed by atoms with Crippen LogP contribution in [0.2, 0.25) is 0 Å². The van der Waals surface area contributed by atoms with E-state index in [4.69, 9.17) is 10.2 Å². The SMILES string of the molecule is CC.CC(=O)c1ccco1.CCC1=C(C(=O)O)C2C(SC1)C(N)C2(C)C. The van der Waals surface area contributed by atoms with E-state index in [2.05, 4.69) is 13.8 Å². The number of aliphatic carboxylic acids is 1. The van der Waals surface area contributed by atoms with Crippen LogP contribution in [0.25, 0.3) is 0 Å². The van der Waals surface area contributed by atoms with Crippen molar-refractivity contribution >= 4 is 23.5 Å². The van der Waals surface area contributed by atoms with E-state index < -0.39 is 5.97 Å². The molecule has 0 aromatic carbocycles. The summed E-state index contributed by atoms with van der Waals surface area (Å²) in [6.45, 7) is 11.7. The fourth-order valence-corrected chi connectivity index (χ4v) is 5.42. The van der Waals surface area contributed by atoms with Crippen LogP contribution in [0.4, 0.5) is 0 Å². The van der Waals surface area contributed by atoms with Gasteiger partial charge in [0.15, 0.2) is 11.5 Å². The number of fused-ring (bicyclic) bond motifs is 1. The Morgan fingerprint density at radius 1 is 1.38 bits per heavy atom. The molecule has 0 saturated heterocycles. The summed E-state index contributed by atoms with van der Waals surface area (Å²) in [6, 6.07) is 3.45. The van der Waals surface area contributed by atoms with Crippen molar-refractivity contribution < 1.29 is 19.1 Å². The zero-order valence-electron chi connectivity index (χ0n) is 16.5. The van der Waals surface area contributed by atoms with Crippen LogP contribution in [0.1, 0.15) is 58.5 Å². The van der Waals surface area contributed by atoms with Crippen molar-refractivity contribution in [3.63, 3.8) is 0 Å². The lowest BCUT2D eigenvalue weighted by atomic mass is 9.55. The predicted octanol–water partition coefficient (Wildman–Crippen LogP) is 4.38. The average molecular weight is 382 g/mol. The molecule has 6 heteroatoms. The Morgan fingerprint density at radius 3 is 2.38 bits per heavy atom. The molecule has 1 fully saturated rings. The van der Waals surface area contributed by atoms with Crippen molar-refractivity contribution in [1.29, 1.82) is 0 Å². The van der Waals surface area contributed by atoms with Crippen molar-refractivity contribution in [2.75, 3.05) is 5.75 Å². The van der Waals surface area contributed by atoms with Crippen LogP contribution in [0, 0.1) is 11.3 Å². The van der Waals surface area contributed by atoms with Crippen molar-refractivity contribution in [2.24, 2.45) is 17.1 Å². The topological polar surface area (TPSA) is 93.5 Å². The molecule has 1 saturated carbocycles. The van der Waals surface area contributed by atoms with Gasteiger partial charge in [0, 0.05) is 35.5 Å². The Morgan fingerprint density at radius 2 is 2.00 bits per heavy atom. The Hall–Kier alpha value is -1.53. The van der Waals surface area contributed by atoms with Crippen LogP contribution in [0.15, 0.2) is 34.0 Å². The summed E-state index contributed by atoms with van der Waals surface area (Å²) in [5, 5.41) is 9.67. The highest BCUT2D eigenvalue weighted by atomic mass is 32.2. The molecule has 2 heterocycles. The van der Waals surface area contributed by atoms with E-state index in [0.717, 1.165) is 17.7 Å². The lowest BCUT2D eigenvalue weighted by Crippen LogP contribution is -2.66. The molecule has 3 rings (SSSR count).